The van der Waals surface area contributed by atoms with E-state index in [-0.39, 0.29) is 28.3 Å². The molecule has 1 N–H and O–H groups in total. The molecule has 5 rings (SSSR count). The average Bonchev–Trinajstić information content (AvgIpc) is 3.55. The summed E-state index contributed by atoms with van der Waals surface area (Å²) in [5.74, 6) is 0.0641. The van der Waals surface area contributed by atoms with Crippen LogP contribution in [0.15, 0.2) is 74.0 Å². The van der Waals surface area contributed by atoms with Crippen molar-refractivity contribution in [3.63, 3.8) is 0 Å². The molecule has 0 saturated carbocycles. The molecule has 42 heavy (non-hydrogen) atoms. The lowest BCUT2D eigenvalue weighted by Gasteiger charge is -2.25. The van der Waals surface area contributed by atoms with Crippen LogP contribution in [0.4, 0.5) is 0 Å². The Morgan fingerprint density at radius 1 is 1.12 bits per heavy atom. The van der Waals surface area contributed by atoms with Crippen molar-refractivity contribution < 1.29 is 33.3 Å². The molecule has 4 aromatic rings. The van der Waals surface area contributed by atoms with Gasteiger partial charge < -0.3 is 23.7 Å². The fourth-order valence-electron chi connectivity index (χ4n) is 4.69. The molecule has 10 nitrogen and oxygen atoms in total. The SMILES string of the molecule is CCOC(=O)C1=C(C)N=c2s/c(=C\c3ccc(-c4ccc(C(=O)O)c(Cl)c4)o3)c(=O)n2[C@@H]1c1ccc(OC)c(OC)c1. The molecule has 0 unspecified atom stereocenters. The molecular formula is C30H25ClN2O8S. The number of aromatic carboxylic acids is 1. The first kappa shape index (κ1) is 28.9. The standard InChI is InChI=1S/C30H25ClN2O8S/c1-5-40-29(37)25-15(2)32-30-33(26(25)17-7-10-22(38-3)23(13-17)39-4)27(34)24(42-30)14-18-8-11-21(41-18)16-6-9-19(28(35)36)20(31)12-16/h6-14,26H,5H2,1-4H3,(H,35,36)/b24-14-/t26-/m1/s1. The predicted octanol–water partition coefficient (Wildman–Crippen LogP) is 4.43. The molecule has 0 radical (unpaired) electrons. The lowest BCUT2D eigenvalue weighted by molar-refractivity contribution is -0.139. The first-order chi connectivity index (χ1) is 20.2. The molecule has 3 heterocycles. The largest absolute Gasteiger partial charge is 0.493 e. The number of ether oxygens (including phenoxy) is 3. The van der Waals surface area contributed by atoms with Gasteiger partial charge >= 0.3 is 11.9 Å². The Balaban J connectivity index is 1.62. The summed E-state index contributed by atoms with van der Waals surface area (Å²) in [7, 11) is 3.03. The maximum atomic E-state index is 13.9. The average molecular weight is 609 g/mol. The number of halogens is 1. The van der Waals surface area contributed by atoms with E-state index < -0.39 is 18.0 Å². The van der Waals surface area contributed by atoms with E-state index in [9.17, 15) is 19.5 Å². The van der Waals surface area contributed by atoms with Gasteiger partial charge in [-0.25, -0.2) is 14.6 Å². The summed E-state index contributed by atoms with van der Waals surface area (Å²) < 4.78 is 23.9. The first-order valence-electron chi connectivity index (χ1n) is 12.7. The van der Waals surface area contributed by atoms with E-state index in [4.69, 9.17) is 30.2 Å². The normalized spacial score (nSPS) is 14.8. The minimum absolute atomic E-state index is 0.0187. The Bertz CT molecular complexity index is 1930. The number of hydrogen-bond donors (Lipinski definition) is 1. The Kier molecular flexibility index (Phi) is 8.06. The van der Waals surface area contributed by atoms with Crippen molar-refractivity contribution in [3.05, 3.63) is 101 Å². The second-order valence-corrected chi connectivity index (χ2v) is 10.5. The van der Waals surface area contributed by atoms with Gasteiger partial charge in [0, 0.05) is 11.6 Å². The van der Waals surface area contributed by atoms with Crippen molar-refractivity contribution in [2.24, 2.45) is 4.99 Å². The third kappa shape index (κ3) is 5.24. The molecule has 216 valence electrons. The smallest absolute Gasteiger partial charge is 0.338 e. The summed E-state index contributed by atoms with van der Waals surface area (Å²) in [5, 5.41) is 9.31. The minimum Gasteiger partial charge on any atom is -0.493 e. The number of allylic oxidation sites excluding steroid dienone is 1. The highest BCUT2D eigenvalue weighted by Gasteiger charge is 2.34. The number of nitrogens with zero attached hydrogens (tertiary/aromatic N) is 2. The zero-order chi connectivity index (χ0) is 30.1. The zero-order valence-electron chi connectivity index (χ0n) is 23.0. The van der Waals surface area contributed by atoms with E-state index in [1.165, 1.54) is 30.9 Å². The molecule has 2 aromatic carbocycles. The third-order valence-corrected chi connectivity index (χ3v) is 7.92. The number of thiazole rings is 1. The van der Waals surface area contributed by atoms with Crippen molar-refractivity contribution >= 4 is 41.0 Å². The molecule has 1 aliphatic rings. The minimum atomic E-state index is -1.13. The van der Waals surface area contributed by atoms with Crippen LogP contribution in [-0.4, -0.2) is 42.4 Å². The van der Waals surface area contributed by atoms with Crippen molar-refractivity contribution in [2.45, 2.75) is 19.9 Å². The van der Waals surface area contributed by atoms with Crippen LogP contribution in [0.5, 0.6) is 11.5 Å². The number of benzene rings is 2. The highest BCUT2D eigenvalue weighted by Crippen LogP contribution is 2.36. The van der Waals surface area contributed by atoms with Gasteiger partial charge in [0.15, 0.2) is 16.3 Å². The maximum absolute atomic E-state index is 13.9. The number of carboxylic acids is 1. The zero-order valence-corrected chi connectivity index (χ0v) is 24.5. The van der Waals surface area contributed by atoms with Crippen LogP contribution in [0.25, 0.3) is 17.4 Å². The van der Waals surface area contributed by atoms with Crippen molar-refractivity contribution in [2.75, 3.05) is 20.8 Å². The van der Waals surface area contributed by atoms with Crippen LogP contribution in [0.2, 0.25) is 5.02 Å². The number of carbonyl (C=O) groups is 2. The number of esters is 1. The number of furan rings is 1. The predicted molar refractivity (Wildman–Crippen MR) is 156 cm³/mol. The fraction of sp³-hybridized carbons (Fsp3) is 0.200. The van der Waals surface area contributed by atoms with Crippen LogP contribution in [0.3, 0.4) is 0 Å². The second kappa shape index (κ2) is 11.7. The number of aromatic nitrogens is 1. The van der Waals surface area contributed by atoms with E-state index in [1.54, 1.807) is 56.3 Å². The number of hydrogen-bond acceptors (Lipinski definition) is 9. The van der Waals surface area contributed by atoms with Crippen molar-refractivity contribution in [1.82, 2.24) is 4.57 Å². The molecule has 0 fully saturated rings. The van der Waals surface area contributed by atoms with Crippen LogP contribution >= 0.6 is 22.9 Å². The molecule has 0 spiro atoms. The molecule has 12 heteroatoms. The third-order valence-electron chi connectivity index (χ3n) is 6.62. The Labute approximate surface area is 248 Å². The van der Waals surface area contributed by atoms with Gasteiger partial charge in [0.25, 0.3) is 5.56 Å². The lowest BCUT2D eigenvalue weighted by Crippen LogP contribution is -2.39. The summed E-state index contributed by atoms with van der Waals surface area (Å²) in [6, 6.07) is 12.2. The summed E-state index contributed by atoms with van der Waals surface area (Å²) in [6.45, 7) is 3.57. The summed E-state index contributed by atoms with van der Waals surface area (Å²) in [5.41, 5.74) is 1.47. The number of rotatable bonds is 8. The molecule has 1 atom stereocenters. The van der Waals surface area contributed by atoms with Gasteiger partial charge in [-0.1, -0.05) is 35.1 Å². The molecule has 1 aliphatic heterocycles. The highest BCUT2D eigenvalue weighted by atomic mass is 35.5. The quantitative estimate of drug-likeness (QED) is 0.291. The van der Waals surface area contributed by atoms with Crippen LogP contribution < -0.4 is 24.4 Å². The Morgan fingerprint density at radius 2 is 1.88 bits per heavy atom. The summed E-state index contributed by atoms with van der Waals surface area (Å²) >= 11 is 7.28. The van der Waals surface area contributed by atoms with E-state index in [2.05, 4.69) is 4.99 Å². The van der Waals surface area contributed by atoms with Gasteiger partial charge in [-0.3, -0.25) is 9.36 Å². The number of methoxy groups -OCH3 is 2. The maximum Gasteiger partial charge on any atom is 0.338 e. The molecular weight excluding hydrogens is 584 g/mol. The number of carbonyl (C=O) groups excluding carboxylic acids is 1. The van der Waals surface area contributed by atoms with E-state index in [1.807, 2.05) is 0 Å². The Hall–Kier alpha value is -4.61. The van der Waals surface area contributed by atoms with Crippen LogP contribution in [0, 0.1) is 0 Å². The van der Waals surface area contributed by atoms with Crippen LogP contribution in [-0.2, 0) is 9.53 Å². The van der Waals surface area contributed by atoms with Gasteiger partial charge in [0.2, 0.25) is 0 Å². The molecule has 0 aliphatic carbocycles. The Morgan fingerprint density at radius 3 is 2.55 bits per heavy atom. The van der Waals surface area contributed by atoms with E-state index >= 15 is 0 Å². The summed E-state index contributed by atoms with van der Waals surface area (Å²) in [4.78, 5) is 43.3. The number of carboxylic acid groups (broad SMARTS) is 1. The first-order valence-corrected chi connectivity index (χ1v) is 13.9. The second-order valence-electron chi connectivity index (χ2n) is 9.12. The van der Waals surface area contributed by atoms with Crippen LogP contribution in [0.1, 0.15) is 41.6 Å². The van der Waals surface area contributed by atoms with Gasteiger partial charge in [0.05, 0.1) is 53.3 Å². The van der Waals surface area contributed by atoms with Crippen molar-refractivity contribution in [3.8, 4) is 22.8 Å². The number of fused-ring (bicyclic) bond motifs is 1. The van der Waals surface area contributed by atoms with Gasteiger partial charge in [-0.05, 0) is 55.8 Å². The molecule has 0 amide bonds. The molecule has 0 saturated heterocycles. The molecule has 2 aromatic heterocycles. The summed E-state index contributed by atoms with van der Waals surface area (Å²) in [6.07, 6.45) is 1.59. The van der Waals surface area contributed by atoms with Gasteiger partial charge in [-0.15, -0.1) is 0 Å². The van der Waals surface area contributed by atoms with Crippen molar-refractivity contribution in [1.29, 1.82) is 0 Å². The molecule has 0 bridgehead atoms. The fourth-order valence-corrected chi connectivity index (χ4v) is 5.97. The van der Waals surface area contributed by atoms with E-state index in [0.29, 0.717) is 49.2 Å². The van der Waals surface area contributed by atoms with Gasteiger partial charge in [0.1, 0.15) is 11.5 Å². The lowest BCUT2D eigenvalue weighted by atomic mass is 9.95. The monoisotopic (exact) mass is 608 g/mol. The topological polar surface area (TPSA) is 130 Å². The highest BCUT2D eigenvalue weighted by molar-refractivity contribution is 7.07. The van der Waals surface area contributed by atoms with Gasteiger partial charge in [-0.2, -0.15) is 0 Å². The van der Waals surface area contributed by atoms with E-state index in [0.717, 1.165) is 11.3 Å².